The third-order valence-corrected chi connectivity index (χ3v) is 3.80. The molecule has 0 aliphatic carbocycles. The third kappa shape index (κ3) is 4.92. The van der Waals surface area contributed by atoms with Crippen LogP contribution >= 0.6 is 11.6 Å². The van der Waals surface area contributed by atoms with E-state index in [0.29, 0.717) is 24.1 Å². The summed E-state index contributed by atoms with van der Waals surface area (Å²) in [6.07, 6.45) is 0.147. The van der Waals surface area contributed by atoms with E-state index in [1.807, 2.05) is 32.0 Å². The first-order valence-electron chi connectivity index (χ1n) is 7.54. The predicted octanol–water partition coefficient (Wildman–Crippen LogP) is 3.18. The lowest BCUT2D eigenvalue weighted by atomic mass is 10.2. The smallest absolute Gasteiger partial charge is 0.225 e. The van der Waals surface area contributed by atoms with Crippen LogP contribution < -0.4 is 10.6 Å². The first-order chi connectivity index (χ1) is 11.0. The summed E-state index contributed by atoms with van der Waals surface area (Å²) in [5, 5.41) is 8.03. The fourth-order valence-electron chi connectivity index (χ4n) is 1.96. The Morgan fingerprint density at radius 2 is 1.70 bits per heavy atom. The van der Waals surface area contributed by atoms with E-state index in [-0.39, 0.29) is 12.2 Å². The van der Waals surface area contributed by atoms with Crippen LogP contribution in [-0.4, -0.2) is 49.5 Å². The Hall–Kier alpha value is -1.63. The largest absolute Gasteiger partial charge is 0.380 e. The number of hydrogen-bond acceptors (Lipinski definition) is 6. The highest BCUT2D eigenvalue weighted by atomic mass is 35.5. The number of rotatable bonds is 8. The van der Waals surface area contributed by atoms with Crippen LogP contribution in [0.2, 0.25) is 5.02 Å². The number of anilines is 2. The van der Waals surface area contributed by atoms with Crippen molar-refractivity contribution in [2.75, 3.05) is 37.9 Å². The lowest BCUT2D eigenvalue weighted by Crippen LogP contribution is -2.21. The Morgan fingerprint density at radius 1 is 1.04 bits per heavy atom. The molecule has 23 heavy (non-hydrogen) atoms. The van der Waals surface area contributed by atoms with Crippen molar-refractivity contribution in [3.8, 4) is 0 Å². The van der Waals surface area contributed by atoms with Crippen LogP contribution in [0.3, 0.4) is 0 Å². The molecule has 1 aromatic carbocycles. The van der Waals surface area contributed by atoms with Crippen LogP contribution in [-0.2, 0) is 9.47 Å². The summed E-state index contributed by atoms with van der Waals surface area (Å²) in [4.78, 5) is 9.07. The zero-order valence-corrected chi connectivity index (χ0v) is 14.6. The molecule has 1 heterocycles. The number of benzene rings is 1. The first-order valence-corrected chi connectivity index (χ1v) is 7.92. The van der Waals surface area contributed by atoms with Crippen LogP contribution in [0.5, 0.6) is 0 Å². The first kappa shape index (κ1) is 17.7. The summed E-state index contributed by atoms with van der Waals surface area (Å²) in [6.45, 7) is 5.24. The molecule has 0 saturated carbocycles. The van der Waals surface area contributed by atoms with Gasteiger partial charge in [-0.3, -0.25) is 0 Å². The van der Waals surface area contributed by atoms with Gasteiger partial charge in [-0.15, -0.1) is 0 Å². The zero-order chi connectivity index (χ0) is 16.8. The second kappa shape index (κ2) is 8.29. The predicted molar refractivity (Wildman–Crippen MR) is 94.5 cm³/mol. The number of ether oxygens (including phenoxy) is 2. The van der Waals surface area contributed by atoms with Crippen molar-refractivity contribution in [2.24, 2.45) is 0 Å². The Balaban J connectivity index is 2.29. The topological polar surface area (TPSA) is 68.3 Å². The van der Waals surface area contributed by atoms with E-state index < -0.39 is 0 Å². The van der Waals surface area contributed by atoms with Gasteiger partial charge in [0.25, 0.3) is 0 Å². The average molecular weight is 339 g/mol. The Kier molecular flexibility index (Phi) is 6.38. The highest BCUT2D eigenvalue weighted by molar-refractivity contribution is 6.31. The fourth-order valence-corrected chi connectivity index (χ4v) is 2.13. The van der Waals surface area contributed by atoms with Gasteiger partial charge < -0.3 is 20.1 Å². The fraction of sp³-hybridized carbons (Fsp3) is 0.500. The molecule has 2 unspecified atom stereocenters. The molecule has 0 fully saturated rings. The lowest BCUT2D eigenvalue weighted by Gasteiger charge is -2.15. The van der Waals surface area contributed by atoms with E-state index in [2.05, 4.69) is 20.6 Å². The van der Waals surface area contributed by atoms with Crippen molar-refractivity contribution in [3.05, 3.63) is 23.2 Å². The van der Waals surface area contributed by atoms with Gasteiger partial charge >= 0.3 is 0 Å². The van der Waals surface area contributed by atoms with Crippen LogP contribution in [0.4, 0.5) is 11.8 Å². The van der Waals surface area contributed by atoms with Crippen LogP contribution in [0.1, 0.15) is 13.8 Å². The molecule has 2 aromatic rings. The Morgan fingerprint density at radius 3 is 2.35 bits per heavy atom. The molecular formula is C16H23ClN4O2. The summed E-state index contributed by atoms with van der Waals surface area (Å²) in [5.74, 6) is 1.28. The maximum atomic E-state index is 6.10. The zero-order valence-electron chi connectivity index (χ0n) is 13.9. The summed E-state index contributed by atoms with van der Waals surface area (Å²) in [6, 6.07) is 5.56. The number of nitrogens with one attached hydrogen (secondary N) is 2. The molecule has 0 radical (unpaired) electrons. The highest BCUT2D eigenvalue weighted by Gasteiger charge is 2.10. The van der Waals surface area contributed by atoms with Crippen molar-refractivity contribution in [1.82, 2.24) is 9.97 Å². The van der Waals surface area contributed by atoms with Crippen molar-refractivity contribution < 1.29 is 9.47 Å². The van der Waals surface area contributed by atoms with Crippen LogP contribution in [0.15, 0.2) is 18.2 Å². The van der Waals surface area contributed by atoms with Crippen molar-refractivity contribution in [1.29, 1.82) is 0 Å². The molecule has 126 valence electrons. The molecular weight excluding hydrogens is 316 g/mol. The maximum Gasteiger partial charge on any atom is 0.225 e. The third-order valence-electron chi connectivity index (χ3n) is 3.57. The van der Waals surface area contributed by atoms with Crippen LogP contribution in [0.25, 0.3) is 10.9 Å². The highest BCUT2D eigenvalue weighted by Crippen LogP contribution is 2.25. The van der Waals surface area contributed by atoms with Gasteiger partial charge in [0.1, 0.15) is 5.82 Å². The minimum atomic E-state index is 0.0733. The van der Waals surface area contributed by atoms with Crippen molar-refractivity contribution in [3.63, 3.8) is 0 Å². The summed E-state index contributed by atoms with van der Waals surface area (Å²) in [5.41, 5.74) is 0.824. The van der Waals surface area contributed by atoms with E-state index in [9.17, 15) is 0 Å². The van der Waals surface area contributed by atoms with Gasteiger partial charge in [-0.25, -0.2) is 4.98 Å². The molecule has 0 amide bonds. The van der Waals surface area contributed by atoms with E-state index in [1.165, 1.54) is 0 Å². The average Bonchev–Trinajstić information content (AvgIpc) is 2.57. The molecule has 1 aromatic heterocycles. The number of aromatic nitrogens is 2. The number of nitrogens with zero attached hydrogens (tertiary/aromatic N) is 2. The molecule has 0 aliphatic rings. The van der Waals surface area contributed by atoms with Gasteiger partial charge in [-0.2, -0.15) is 4.98 Å². The number of halogens is 1. The van der Waals surface area contributed by atoms with Gasteiger partial charge in [0, 0.05) is 37.7 Å². The van der Waals surface area contributed by atoms with Gasteiger partial charge in [-0.05, 0) is 32.0 Å². The Labute approximate surface area is 141 Å². The van der Waals surface area contributed by atoms with E-state index in [4.69, 9.17) is 21.1 Å². The van der Waals surface area contributed by atoms with Gasteiger partial charge in [-0.1, -0.05) is 11.6 Å². The van der Waals surface area contributed by atoms with Crippen molar-refractivity contribution >= 4 is 34.3 Å². The number of fused-ring (bicyclic) bond motifs is 1. The Bertz CT molecular complexity index is 653. The standard InChI is InChI=1S/C16H23ClN4O2/c1-10(22-3)8-18-15-13-7-12(17)5-6-14(13)20-16(21-15)19-9-11(2)23-4/h5-7,10-11H,8-9H2,1-4H3,(H2,18,19,20,21). The molecule has 0 spiro atoms. The molecule has 2 atom stereocenters. The monoisotopic (exact) mass is 338 g/mol. The molecule has 2 rings (SSSR count). The minimum absolute atomic E-state index is 0.0733. The van der Waals surface area contributed by atoms with E-state index in [0.717, 1.165) is 16.7 Å². The summed E-state index contributed by atoms with van der Waals surface area (Å²) >= 11 is 6.10. The second-order valence-electron chi connectivity index (χ2n) is 5.41. The minimum Gasteiger partial charge on any atom is -0.380 e. The quantitative estimate of drug-likeness (QED) is 0.770. The maximum absolute atomic E-state index is 6.10. The lowest BCUT2D eigenvalue weighted by molar-refractivity contribution is 0.128. The van der Waals surface area contributed by atoms with Crippen molar-refractivity contribution in [2.45, 2.75) is 26.1 Å². The van der Waals surface area contributed by atoms with E-state index in [1.54, 1.807) is 14.2 Å². The molecule has 6 nitrogen and oxygen atoms in total. The summed E-state index contributed by atoms with van der Waals surface area (Å²) < 4.78 is 10.5. The van der Waals surface area contributed by atoms with Gasteiger partial charge in [0.15, 0.2) is 0 Å². The number of hydrogen-bond donors (Lipinski definition) is 2. The normalized spacial score (nSPS) is 13.8. The van der Waals surface area contributed by atoms with Gasteiger partial charge in [0.05, 0.1) is 17.7 Å². The SMILES string of the molecule is COC(C)CNc1nc(NCC(C)OC)c2cc(Cl)ccc2n1. The van der Waals surface area contributed by atoms with Gasteiger partial charge in [0.2, 0.25) is 5.95 Å². The molecule has 0 aliphatic heterocycles. The molecule has 7 heteroatoms. The van der Waals surface area contributed by atoms with Crippen LogP contribution in [0, 0.1) is 0 Å². The summed E-state index contributed by atoms with van der Waals surface area (Å²) in [7, 11) is 3.36. The molecule has 2 N–H and O–H groups in total. The molecule has 0 saturated heterocycles. The molecule has 0 bridgehead atoms. The second-order valence-corrected chi connectivity index (χ2v) is 5.85. The number of methoxy groups -OCH3 is 2. The van der Waals surface area contributed by atoms with E-state index >= 15 is 0 Å².